The van der Waals surface area contributed by atoms with E-state index < -0.39 is 10.0 Å². The molecule has 0 atom stereocenters. The maximum atomic E-state index is 12.4. The van der Waals surface area contributed by atoms with Gasteiger partial charge in [-0.3, -0.25) is 4.98 Å². The fraction of sp³-hybridized carbons (Fsp3) is 0.235. The van der Waals surface area contributed by atoms with Crippen LogP contribution in [-0.4, -0.2) is 23.6 Å². The molecule has 0 aliphatic heterocycles. The van der Waals surface area contributed by atoms with Crippen molar-refractivity contribution >= 4 is 10.0 Å². The van der Waals surface area contributed by atoms with Crippen molar-refractivity contribution in [3.05, 3.63) is 60.2 Å². The minimum Gasteiger partial charge on any atom is -0.419 e. The number of nitrogens with zero attached hydrogens (tertiary/aromatic N) is 3. The van der Waals surface area contributed by atoms with Gasteiger partial charge in [-0.25, -0.2) is 13.1 Å². The number of hydrogen-bond acceptors (Lipinski definition) is 6. The summed E-state index contributed by atoms with van der Waals surface area (Å²) in [7, 11) is -3.64. The monoisotopic (exact) mass is 358 g/mol. The highest BCUT2D eigenvalue weighted by Crippen LogP contribution is 2.18. The van der Waals surface area contributed by atoms with Gasteiger partial charge in [0, 0.05) is 18.0 Å². The standard InChI is InChI=1S/C17H18N4O3S/c1-12(2)13-3-5-15(6-4-13)25(22,23)19-11-16-20-21-17(24-16)14-7-9-18-10-8-14/h3-10,12,19H,11H2,1-2H3. The quantitative estimate of drug-likeness (QED) is 0.727. The number of benzene rings is 1. The van der Waals surface area contributed by atoms with Crippen molar-refractivity contribution in [1.29, 1.82) is 0 Å². The molecule has 0 fully saturated rings. The Morgan fingerprint density at radius 2 is 1.72 bits per heavy atom. The first-order valence-electron chi connectivity index (χ1n) is 7.78. The number of aromatic nitrogens is 3. The van der Waals surface area contributed by atoms with Gasteiger partial charge in [0.2, 0.25) is 21.8 Å². The van der Waals surface area contributed by atoms with Crippen molar-refractivity contribution < 1.29 is 12.8 Å². The molecule has 0 aliphatic rings. The van der Waals surface area contributed by atoms with Crippen LogP contribution in [0, 0.1) is 0 Å². The second-order valence-corrected chi connectivity index (χ2v) is 7.55. The van der Waals surface area contributed by atoms with E-state index in [9.17, 15) is 8.42 Å². The summed E-state index contributed by atoms with van der Waals surface area (Å²) in [4.78, 5) is 4.12. The Morgan fingerprint density at radius 3 is 2.36 bits per heavy atom. The van der Waals surface area contributed by atoms with Crippen LogP contribution in [0.1, 0.15) is 31.2 Å². The lowest BCUT2D eigenvalue weighted by atomic mass is 10.0. The maximum Gasteiger partial charge on any atom is 0.247 e. The third-order valence-corrected chi connectivity index (χ3v) is 5.08. The van der Waals surface area contributed by atoms with Crippen molar-refractivity contribution in [1.82, 2.24) is 19.9 Å². The van der Waals surface area contributed by atoms with E-state index in [0.717, 1.165) is 11.1 Å². The van der Waals surface area contributed by atoms with Crippen LogP contribution < -0.4 is 4.72 Å². The Morgan fingerprint density at radius 1 is 1.04 bits per heavy atom. The normalized spacial score (nSPS) is 11.8. The Bertz CT molecular complexity index is 936. The van der Waals surface area contributed by atoms with Crippen molar-refractivity contribution in [2.75, 3.05) is 0 Å². The molecular formula is C17H18N4O3S. The number of nitrogens with one attached hydrogen (secondary N) is 1. The number of hydrogen-bond donors (Lipinski definition) is 1. The van der Waals surface area contributed by atoms with Crippen molar-refractivity contribution in [3.8, 4) is 11.5 Å². The second-order valence-electron chi connectivity index (χ2n) is 5.79. The minimum absolute atomic E-state index is 0.0770. The van der Waals surface area contributed by atoms with Crippen LogP contribution >= 0.6 is 0 Å². The highest BCUT2D eigenvalue weighted by Gasteiger charge is 2.16. The van der Waals surface area contributed by atoms with Crippen molar-refractivity contribution in [2.45, 2.75) is 31.2 Å². The zero-order valence-electron chi connectivity index (χ0n) is 13.9. The maximum absolute atomic E-state index is 12.4. The van der Waals surface area contributed by atoms with E-state index >= 15 is 0 Å². The molecule has 7 nitrogen and oxygen atoms in total. The first kappa shape index (κ1) is 17.2. The molecule has 0 saturated carbocycles. The van der Waals surface area contributed by atoms with Crippen LogP contribution in [0.15, 0.2) is 58.1 Å². The van der Waals surface area contributed by atoms with Gasteiger partial charge in [-0.1, -0.05) is 26.0 Å². The average molecular weight is 358 g/mol. The average Bonchev–Trinajstić information content (AvgIpc) is 3.10. The van der Waals surface area contributed by atoms with Gasteiger partial charge in [-0.05, 0) is 35.7 Å². The van der Waals surface area contributed by atoms with Crippen LogP contribution in [-0.2, 0) is 16.6 Å². The molecule has 1 N–H and O–H groups in total. The van der Waals surface area contributed by atoms with Gasteiger partial charge < -0.3 is 4.42 Å². The summed E-state index contributed by atoms with van der Waals surface area (Å²) < 4.78 is 32.7. The number of pyridine rings is 1. The molecule has 2 aromatic heterocycles. The molecule has 0 radical (unpaired) electrons. The molecule has 0 saturated heterocycles. The van der Waals surface area contributed by atoms with Crippen molar-refractivity contribution in [3.63, 3.8) is 0 Å². The number of rotatable bonds is 6. The van der Waals surface area contributed by atoms with Crippen LogP contribution in [0.2, 0.25) is 0 Å². The van der Waals surface area contributed by atoms with E-state index in [1.165, 1.54) is 0 Å². The zero-order chi connectivity index (χ0) is 17.9. The lowest BCUT2D eigenvalue weighted by Crippen LogP contribution is -2.23. The van der Waals surface area contributed by atoms with E-state index in [-0.39, 0.29) is 17.3 Å². The molecule has 130 valence electrons. The van der Waals surface area contributed by atoms with Gasteiger partial charge in [-0.15, -0.1) is 10.2 Å². The summed E-state index contributed by atoms with van der Waals surface area (Å²) in [5.74, 6) is 0.849. The summed E-state index contributed by atoms with van der Waals surface area (Å²) in [6.07, 6.45) is 3.23. The van der Waals surface area contributed by atoms with E-state index in [1.54, 1.807) is 36.7 Å². The first-order valence-corrected chi connectivity index (χ1v) is 9.26. The predicted octanol–water partition coefficient (Wildman–Crippen LogP) is 2.73. The van der Waals surface area contributed by atoms with Gasteiger partial charge >= 0.3 is 0 Å². The molecule has 2 heterocycles. The third kappa shape index (κ3) is 4.09. The van der Waals surface area contributed by atoms with Gasteiger partial charge in [0.25, 0.3) is 0 Å². The second kappa shape index (κ2) is 7.12. The fourth-order valence-electron chi connectivity index (χ4n) is 2.21. The van der Waals surface area contributed by atoms with E-state index in [2.05, 4.69) is 33.8 Å². The summed E-state index contributed by atoms with van der Waals surface area (Å²) in [6, 6.07) is 10.3. The zero-order valence-corrected chi connectivity index (χ0v) is 14.7. The lowest BCUT2D eigenvalue weighted by Gasteiger charge is -2.08. The van der Waals surface area contributed by atoms with Crippen LogP contribution in [0.5, 0.6) is 0 Å². The molecule has 8 heteroatoms. The van der Waals surface area contributed by atoms with Gasteiger partial charge in [0.15, 0.2) is 0 Å². The van der Waals surface area contributed by atoms with Crippen LogP contribution in [0.25, 0.3) is 11.5 Å². The molecule has 25 heavy (non-hydrogen) atoms. The van der Waals surface area contributed by atoms with Gasteiger partial charge in [0.1, 0.15) is 0 Å². The molecule has 0 amide bonds. The van der Waals surface area contributed by atoms with E-state index in [1.807, 2.05) is 12.1 Å². The molecule has 0 spiro atoms. The Kier molecular flexibility index (Phi) is 4.91. The summed E-state index contributed by atoms with van der Waals surface area (Å²) in [5.41, 5.74) is 1.80. The largest absolute Gasteiger partial charge is 0.419 e. The highest BCUT2D eigenvalue weighted by molar-refractivity contribution is 7.89. The SMILES string of the molecule is CC(C)c1ccc(S(=O)(=O)NCc2nnc(-c3ccncc3)o2)cc1. The summed E-state index contributed by atoms with van der Waals surface area (Å²) >= 11 is 0. The molecular weight excluding hydrogens is 340 g/mol. The smallest absolute Gasteiger partial charge is 0.247 e. The van der Waals surface area contributed by atoms with Crippen LogP contribution in [0.3, 0.4) is 0 Å². The molecule has 3 rings (SSSR count). The third-order valence-electron chi connectivity index (χ3n) is 3.66. The lowest BCUT2D eigenvalue weighted by molar-refractivity contribution is 0.494. The van der Waals surface area contributed by atoms with Crippen molar-refractivity contribution in [2.24, 2.45) is 0 Å². The topological polar surface area (TPSA) is 98.0 Å². The minimum atomic E-state index is -3.64. The number of sulfonamides is 1. The molecule has 3 aromatic rings. The fourth-order valence-corrected chi connectivity index (χ4v) is 3.18. The Balaban J connectivity index is 1.69. The summed E-state index contributed by atoms with van der Waals surface area (Å²) in [5, 5.41) is 7.77. The molecule has 0 bridgehead atoms. The molecule has 0 aliphatic carbocycles. The summed E-state index contributed by atoms with van der Waals surface area (Å²) in [6.45, 7) is 4.03. The molecule has 0 unspecified atom stereocenters. The Hall–Kier alpha value is -2.58. The van der Waals surface area contributed by atoms with Crippen LogP contribution in [0.4, 0.5) is 0 Å². The van der Waals surface area contributed by atoms with E-state index in [4.69, 9.17) is 4.42 Å². The van der Waals surface area contributed by atoms with Gasteiger partial charge in [-0.2, -0.15) is 0 Å². The molecule has 1 aromatic carbocycles. The predicted molar refractivity (Wildman–Crippen MR) is 92.1 cm³/mol. The first-order chi connectivity index (χ1) is 12.0. The van der Waals surface area contributed by atoms with Gasteiger partial charge in [0.05, 0.1) is 11.4 Å². The van der Waals surface area contributed by atoms with E-state index in [0.29, 0.717) is 11.8 Å². The Labute approximate surface area is 146 Å². The highest BCUT2D eigenvalue weighted by atomic mass is 32.2.